The van der Waals surface area contributed by atoms with Crippen molar-refractivity contribution in [1.29, 1.82) is 0 Å². The lowest BCUT2D eigenvalue weighted by Gasteiger charge is -2.19. The zero-order valence-electron chi connectivity index (χ0n) is 16.5. The van der Waals surface area contributed by atoms with Crippen molar-refractivity contribution in [2.45, 2.75) is 33.1 Å². The van der Waals surface area contributed by atoms with Gasteiger partial charge in [-0.25, -0.2) is 0 Å². The number of nitrogens with zero attached hydrogens (tertiary/aromatic N) is 2. The van der Waals surface area contributed by atoms with Gasteiger partial charge in [-0.2, -0.15) is 0 Å². The van der Waals surface area contributed by atoms with Crippen molar-refractivity contribution in [3.63, 3.8) is 0 Å². The molecular weight excluding hydrogens is 455 g/mol. The molecule has 1 atom stereocenters. The molecule has 1 saturated heterocycles. The van der Waals surface area contributed by atoms with Crippen LogP contribution in [-0.4, -0.2) is 56.8 Å². The maximum absolute atomic E-state index is 5.77. The maximum atomic E-state index is 5.77. The second kappa shape index (κ2) is 11.6. The molecule has 1 unspecified atom stereocenters. The number of likely N-dealkylation sites (tertiary alicyclic amines) is 1. The summed E-state index contributed by atoms with van der Waals surface area (Å²) in [6.45, 7) is 11.0. The number of aliphatic imine (C=N–C) groups is 1. The van der Waals surface area contributed by atoms with Crippen molar-refractivity contribution in [2.24, 2.45) is 10.9 Å². The van der Waals surface area contributed by atoms with Gasteiger partial charge in [0.15, 0.2) is 17.5 Å². The SMILES string of the molecule is CCNC(=NCC(C)CN1CCCC1)Nc1ccc2c(c1)OCCCO2.I. The van der Waals surface area contributed by atoms with Crippen molar-refractivity contribution in [2.75, 3.05) is 51.3 Å². The number of ether oxygens (including phenoxy) is 2. The first kappa shape index (κ1) is 22.1. The van der Waals surface area contributed by atoms with Crippen LogP contribution in [0.4, 0.5) is 5.69 Å². The van der Waals surface area contributed by atoms with Gasteiger partial charge in [0.2, 0.25) is 0 Å². The van der Waals surface area contributed by atoms with Gasteiger partial charge in [0.05, 0.1) is 13.2 Å². The van der Waals surface area contributed by atoms with E-state index in [-0.39, 0.29) is 24.0 Å². The number of hydrogen-bond acceptors (Lipinski definition) is 4. The highest BCUT2D eigenvalue weighted by Crippen LogP contribution is 2.32. The highest BCUT2D eigenvalue weighted by atomic mass is 127. The summed E-state index contributed by atoms with van der Waals surface area (Å²) in [5, 5.41) is 6.71. The van der Waals surface area contributed by atoms with Crippen molar-refractivity contribution < 1.29 is 9.47 Å². The van der Waals surface area contributed by atoms with Crippen LogP contribution in [0.25, 0.3) is 0 Å². The van der Waals surface area contributed by atoms with Gasteiger partial charge in [-0.05, 0) is 50.9 Å². The third-order valence-corrected chi connectivity index (χ3v) is 4.68. The molecule has 1 aromatic rings. The molecule has 27 heavy (non-hydrogen) atoms. The molecule has 0 saturated carbocycles. The molecule has 0 aliphatic carbocycles. The molecule has 0 amide bonds. The number of benzene rings is 1. The number of rotatable bonds is 6. The Morgan fingerprint density at radius 1 is 1.15 bits per heavy atom. The predicted molar refractivity (Wildman–Crippen MR) is 122 cm³/mol. The van der Waals surface area contributed by atoms with Gasteiger partial charge in [-0.15, -0.1) is 24.0 Å². The zero-order chi connectivity index (χ0) is 18.2. The molecule has 3 rings (SSSR count). The summed E-state index contributed by atoms with van der Waals surface area (Å²) in [7, 11) is 0. The smallest absolute Gasteiger partial charge is 0.195 e. The molecule has 2 N–H and O–H groups in total. The van der Waals surface area contributed by atoms with Gasteiger partial charge >= 0.3 is 0 Å². The fourth-order valence-corrected chi connectivity index (χ4v) is 3.40. The quantitative estimate of drug-likeness (QED) is 0.364. The van der Waals surface area contributed by atoms with E-state index in [0.717, 1.165) is 49.2 Å². The predicted octanol–water partition coefficient (Wildman–Crippen LogP) is 3.58. The van der Waals surface area contributed by atoms with Gasteiger partial charge in [-0.3, -0.25) is 4.99 Å². The average molecular weight is 488 g/mol. The van der Waals surface area contributed by atoms with Crippen molar-refractivity contribution in [1.82, 2.24) is 10.2 Å². The molecule has 0 spiro atoms. The second-order valence-corrected chi connectivity index (χ2v) is 7.17. The third kappa shape index (κ3) is 7.03. The Hall–Kier alpha value is -1.22. The molecule has 6 nitrogen and oxygen atoms in total. The van der Waals surface area contributed by atoms with E-state index >= 15 is 0 Å². The summed E-state index contributed by atoms with van der Waals surface area (Å²) in [4.78, 5) is 7.32. The normalized spacial score (nSPS) is 18.4. The van der Waals surface area contributed by atoms with E-state index in [1.54, 1.807) is 0 Å². The molecule has 1 fully saturated rings. The van der Waals surface area contributed by atoms with E-state index in [2.05, 4.69) is 29.4 Å². The number of fused-ring (bicyclic) bond motifs is 1. The summed E-state index contributed by atoms with van der Waals surface area (Å²) in [6, 6.07) is 5.96. The Bertz CT molecular complexity index is 606. The van der Waals surface area contributed by atoms with Crippen LogP contribution in [0.1, 0.15) is 33.1 Å². The van der Waals surface area contributed by atoms with Gasteiger partial charge in [0.25, 0.3) is 0 Å². The van der Waals surface area contributed by atoms with Crippen molar-refractivity contribution >= 4 is 35.6 Å². The minimum absolute atomic E-state index is 0. The molecule has 0 radical (unpaired) electrons. The Labute approximate surface area is 180 Å². The van der Waals surface area contributed by atoms with Crippen LogP contribution in [0.3, 0.4) is 0 Å². The van der Waals surface area contributed by atoms with E-state index in [0.29, 0.717) is 19.1 Å². The van der Waals surface area contributed by atoms with E-state index in [1.165, 1.54) is 25.9 Å². The largest absolute Gasteiger partial charge is 0.490 e. The highest BCUT2D eigenvalue weighted by molar-refractivity contribution is 14.0. The van der Waals surface area contributed by atoms with Crippen LogP contribution in [0.15, 0.2) is 23.2 Å². The summed E-state index contributed by atoms with van der Waals surface area (Å²) < 4.78 is 11.5. The first-order valence-electron chi connectivity index (χ1n) is 9.92. The van der Waals surface area contributed by atoms with Crippen LogP contribution >= 0.6 is 24.0 Å². The van der Waals surface area contributed by atoms with Crippen molar-refractivity contribution in [3.8, 4) is 11.5 Å². The number of hydrogen-bond donors (Lipinski definition) is 2. The Morgan fingerprint density at radius 3 is 2.63 bits per heavy atom. The minimum Gasteiger partial charge on any atom is -0.490 e. The molecule has 0 bridgehead atoms. The number of nitrogens with one attached hydrogen (secondary N) is 2. The van der Waals surface area contributed by atoms with Crippen LogP contribution in [-0.2, 0) is 0 Å². The average Bonchev–Trinajstić information content (AvgIpc) is 3.03. The molecule has 152 valence electrons. The molecular formula is C20H33IN4O2. The van der Waals surface area contributed by atoms with Crippen LogP contribution < -0.4 is 20.1 Å². The molecule has 1 aromatic carbocycles. The first-order chi connectivity index (χ1) is 12.7. The molecule has 2 aliphatic rings. The van der Waals surface area contributed by atoms with Crippen LogP contribution in [0.5, 0.6) is 11.5 Å². The standard InChI is InChI=1S/C20H32N4O2.HI/c1-3-21-20(22-14-16(2)15-24-9-4-5-10-24)23-17-7-8-18-19(13-17)26-12-6-11-25-18;/h7-8,13,16H,3-6,9-12,14-15H2,1-2H3,(H2,21,22,23);1H. The lowest BCUT2D eigenvalue weighted by molar-refractivity contribution is 0.291. The lowest BCUT2D eigenvalue weighted by Crippen LogP contribution is -2.32. The van der Waals surface area contributed by atoms with Gasteiger partial charge in [0, 0.05) is 37.8 Å². The minimum atomic E-state index is 0. The lowest BCUT2D eigenvalue weighted by atomic mass is 10.2. The number of guanidine groups is 1. The van der Waals surface area contributed by atoms with Gasteiger partial charge in [-0.1, -0.05) is 6.92 Å². The van der Waals surface area contributed by atoms with Gasteiger partial charge < -0.3 is 25.0 Å². The first-order valence-corrected chi connectivity index (χ1v) is 9.92. The monoisotopic (exact) mass is 488 g/mol. The van der Waals surface area contributed by atoms with E-state index in [1.807, 2.05) is 18.2 Å². The second-order valence-electron chi connectivity index (χ2n) is 7.17. The van der Waals surface area contributed by atoms with Crippen molar-refractivity contribution in [3.05, 3.63) is 18.2 Å². The molecule has 2 aliphatic heterocycles. The van der Waals surface area contributed by atoms with Crippen LogP contribution in [0.2, 0.25) is 0 Å². The molecule has 7 heteroatoms. The Balaban J connectivity index is 0.00000261. The zero-order valence-corrected chi connectivity index (χ0v) is 18.8. The van der Waals surface area contributed by atoms with Crippen LogP contribution in [0, 0.1) is 5.92 Å². The third-order valence-electron chi connectivity index (χ3n) is 4.68. The topological polar surface area (TPSA) is 58.1 Å². The van der Waals surface area contributed by atoms with E-state index < -0.39 is 0 Å². The summed E-state index contributed by atoms with van der Waals surface area (Å²) in [5.41, 5.74) is 0.959. The summed E-state index contributed by atoms with van der Waals surface area (Å²) in [5.74, 6) is 2.97. The summed E-state index contributed by atoms with van der Waals surface area (Å²) >= 11 is 0. The Morgan fingerprint density at radius 2 is 1.89 bits per heavy atom. The van der Waals surface area contributed by atoms with E-state index in [4.69, 9.17) is 14.5 Å². The molecule has 2 heterocycles. The molecule has 0 aromatic heterocycles. The summed E-state index contributed by atoms with van der Waals surface area (Å²) in [6.07, 6.45) is 3.59. The fourth-order valence-electron chi connectivity index (χ4n) is 3.40. The fraction of sp³-hybridized carbons (Fsp3) is 0.650. The van der Waals surface area contributed by atoms with E-state index in [9.17, 15) is 0 Å². The highest BCUT2D eigenvalue weighted by Gasteiger charge is 2.15. The van der Waals surface area contributed by atoms with Gasteiger partial charge in [0.1, 0.15) is 0 Å². The Kier molecular flexibility index (Phi) is 9.47. The maximum Gasteiger partial charge on any atom is 0.195 e. The number of anilines is 1. The number of halogens is 1.